The Morgan fingerprint density at radius 3 is 2.84 bits per heavy atom. The van der Waals surface area contributed by atoms with Gasteiger partial charge in [-0.15, -0.1) is 0 Å². The molecule has 0 amide bonds. The van der Waals surface area contributed by atoms with Crippen LogP contribution in [0.15, 0.2) is 0 Å². The highest BCUT2D eigenvalue weighted by Gasteiger charge is 2.32. The van der Waals surface area contributed by atoms with Crippen LogP contribution < -0.4 is 5.32 Å². The number of hydrogen-bond acceptors (Lipinski definition) is 5. The van der Waals surface area contributed by atoms with E-state index in [0.29, 0.717) is 12.6 Å². The number of likely N-dealkylation sites (N-methyl/N-ethyl adjacent to an activating group) is 1. The summed E-state index contributed by atoms with van der Waals surface area (Å²) in [5.41, 5.74) is 0. The number of carbonyl (C=O) groups is 2. The SMILES string of the molecule is CN[C@@H](CC(=O)O)C(=O)CN1CCN2CCCC2C1. The van der Waals surface area contributed by atoms with Crippen LogP contribution in [0.5, 0.6) is 0 Å². The molecule has 2 N–H and O–H groups in total. The molecule has 0 saturated carbocycles. The molecular formula is C13H23N3O3. The average molecular weight is 269 g/mol. The predicted octanol–water partition coefficient (Wildman–Crippen LogP) is -0.602. The number of fused-ring (bicyclic) bond motifs is 1. The van der Waals surface area contributed by atoms with Crippen LogP contribution in [0.3, 0.4) is 0 Å². The van der Waals surface area contributed by atoms with E-state index in [0.717, 1.165) is 19.6 Å². The molecule has 0 aromatic carbocycles. The normalized spacial score (nSPS) is 26.1. The first-order chi connectivity index (χ1) is 9.10. The number of nitrogens with zero attached hydrogens (tertiary/aromatic N) is 2. The third-order valence-corrected chi connectivity index (χ3v) is 4.17. The number of nitrogens with one attached hydrogen (secondary N) is 1. The average Bonchev–Trinajstić information content (AvgIpc) is 2.82. The minimum Gasteiger partial charge on any atom is -0.481 e. The van der Waals surface area contributed by atoms with E-state index in [-0.39, 0.29) is 12.2 Å². The van der Waals surface area contributed by atoms with Crippen molar-refractivity contribution in [2.45, 2.75) is 31.3 Å². The van der Waals surface area contributed by atoms with E-state index >= 15 is 0 Å². The lowest BCUT2D eigenvalue weighted by Gasteiger charge is -2.37. The molecular weight excluding hydrogens is 246 g/mol. The van der Waals surface area contributed by atoms with Crippen LogP contribution >= 0.6 is 0 Å². The second-order valence-electron chi connectivity index (χ2n) is 5.47. The highest BCUT2D eigenvalue weighted by atomic mass is 16.4. The lowest BCUT2D eigenvalue weighted by Crippen LogP contribution is -2.53. The number of piperazine rings is 1. The molecule has 6 nitrogen and oxygen atoms in total. The van der Waals surface area contributed by atoms with Gasteiger partial charge in [0.1, 0.15) is 0 Å². The summed E-state index contributed by atoms with van der Waals surface area (Å²) in [7, 11) is 1.64. The van der Waals surface area contributed by atoms with Crippen molar-refractivity contribution in [2.75, 3.05) is 39.8 Å². The molecule has 2 rings (SSSR count). The largest absolute Gasteiger partial charge is 0.481 e. The summed E-state index contributed by atoms with van der Waals surface area (Å²) in [5, 5.41) is 11.6. The molecule has 0 radical (unpaired) electrons. The van der Waals surface area contributed by atoms with Gasteiger partial charge in [-0.05, 0) is 26.4 Å². The fraction of sp³-hybridized carbons (Fsp3) is 0.846. The second kappa shape index (κ2) is 6.45. The van der Waals surface area contributed by atoms with Gasteiger partial charge in [0.25, 0.3) is 0 Å². The number of aliphatic carboxylic acids is 1. The van der Waals surface area contributed by atoms with Crippen molar-refractivity contribution in [3.63, 3.8) is 0 Å². The van der Waals surface area contributed by atoms with E-state index in [2.05, 4.69) is 15.1 Å². The number of Topliss-reactive ketones (excluding diaryl/α,β-unsaturated/α-hetero) is 1. The first-order valence-corrected chi connectivity index (χ1v) is 6.98. The quantitative estimate of drug-likeness (QED) is 0.671. The Morgan fingerprint density at radius 1 is 1.37 bits per heavy atom. The maximum atomic E-state index is 12.1. The first-order valence-electron chi connectivity index (χ1n) is 6.98. The molecule has 0 aliphatic carbocycles. The summed E-state index contributed by atoms with van der Waals surface area (Å²) in [4.78, 5) is 27.5. The van der Waals surface area contributed by atoms with Crippen molar-refractivity contribution < 1.29 is 14.7 Å². The zero-order chi connectivity index (χ0) is 13.8. The first kappa shape index (κ1) is 14.4. The summed E-state index contributed by atoms with van der Waals surface area (Å²) in [6.45, 7) is 4.43. The molecule has 0 aromatic rings. The molecule has 108 valence electrons. The summed E-state index contributed by atoms with van der Waals surface area (Å²) >= 11 is 0. The molecule has 0 spiro atoms. The van der Waals surface area contributed by atoms with Gasteiger partial charge in [-0.25, -0.2) is 0 Å². The maximum Gasteiger partial charge on any atom is 0.305 e. The topological polar surface area (TPSA) is 72.9 Å². The molecule has 2 fully saturated rings. The molecule has 0 bridgehead atoms. The van der Waals surface area contributed by atoms with Gasteiger partial charge in [0.2, 0.25) is 0 Å². The van der Waals surface area contributed by atoms with Crippen LogP contribution in [0.4, 0.5) is 0 Å². The van der Waals surface area contributed by atoms with Crippen molar-refractivity contribution in [3.8, 4) is 0 Å². The van der Waals surface area contributed by atoms with Crippen LogP contribution in [0.1, 0.15) is 19.3 Å². The third kappa shape index (κ3) is 3.75. The molecule has 1 unspecified atom stereocenters. The molecule has 2 heterocycles. The Kier molecular flexibility index (Phi) is 4.90. The van der Waals surface area contributed by atoms with Crippen molar-refractivity contribution in [1.29, 1.82) is 0 Å². The molecule has 2 aliphatic heterocycles. The van der Waals surface area contributed by atoms with Gasteiger partial charge in [-0.3, -0.25) is 19.4 Å². The van der Waals surface area contributed by atoms with Gasteiger partial charge in [0, 0.05) is 25.7 Å². The van der Waals surface area contributed by atoms with Crippen molar-refractivity contribution >= 4 is 11.8 Å². The number of hydrogen-bond donors (Lipinski definition) is 2. The highest BCUT2D eigenvalue weighted by Crippen LogP contribution is 2.21. The van der Waals surface area contributed by atoms with Gasteiger partial charge < -0.3 is 10.4 Å². The van der Waals surface area contributed by atoms with E-state index in [9.17, 15) is 9.59 Å². The summed E-state index contributed by atoms with van der Waals surface area (Å²) in [6, 6.07) is 0.0215. The Bertz CT molecular complexity index is 348. The lowest BCUT2D eigenvalue weighted by atomic mass is 10.1. The minimum atomic E-state index is -0.937. The number of rotatable bonds is 6. The smallest absolute Gasteiger partial charge is 0.305 e. The number of carboxylic acids is 1. The van der Waals surface area contributed by atoms with E-state index in [1.165, 1.54) is 19.4 Å². The Labute approximate surface area is 113 Å². The third-order valence-electron chi connectivity index (χ3n) is 4.17. The van der Waals surface area contributed by atoms with E-state index in [1.807, 2.05) is 0 Å². The fourth-order valence-electron chi connectivity index (χ4n) is 3.08. The lowest BCUT2D eigenvalue weighted by molar-refractivity contribution is -0.139. The van der Waals surface area contributed by atoms with E-state index < -0.39 is 12.0 Å². The van der Waals surface area contributed by atoms with Crippen LogP contribution in [0, 0.1) is 0 Å². The maximum absolute atomic E-state index is 12.1. The Balaban J connectivity index is 1.82. The van der Waals surface area contributed by atoms with E-state index in [4.69, 9.17) is 5.11 Å². The molecule has 19 heavy (non-hydrogen) atoms. The summed E-state index contributed by atoms with van der Waals surface area (Å²) < 4.78 is 0. The highest BCUT2D eigenvalue weighted by molar-refractivity contribution is 5.89. The monoisotopic (exact) mass is 269 g/mol. The van der Waals surface area contributed by atoms with Gasteiger partial charge >= 0.3 is 5.97 Å². The van der Waals surface area contributed by atoms with Crippen molar-refractivity contribution in [3.05, 3.63) is 0 Å². The van der Waals surface area contributed by atoms with Crippen molar-refractivity contribution in [2.24, 2.45) is 0 Å². The zero-order valence-corrected chi connectivity index (χ0v) is 11.5. The summed E-state index contributed by atoms with van der Waals surface area (Å²) in [6.07, 6.45) is 2.33. The Hall–Kier alpha value is -0.980. The predicted molar refractivity (Wildman–Crippen MR) is 71.1 cm³/mol. The number of carbonyl (C=O) groups excluding carboxylic acids is 1. The minimum absolute atomic E-state index is 0.0173. The zero-order valence-electron chi connectivity index (χ0n) is 11.5. The summed E-state index contributed by atoms with van der Waals surface area (Å²) in [5.74, 6) is -0.954. The van der Waals surface area contributed by atoms with Gasteiger partial charge in [-0.2, -0.15) is 0 Å². The van der Waals surface area contributed by atoms with Crippen molar-refractivity contribution in [1.82, 2.24) is 15.1 Å². The molecule has 2 atom stereocenters. The van der Waals surface area contributed by atoms with Gasteiger partial charge in [0.05, 0.1) is 19.0 Å². The molecule has 2 aliphatic rings. The van der Waals surface area contributed by atoms with Gasteiger partial charge in [-0.1, -0.05) is 0 Å². The van der Waals surface area contributed by atoms with Crippen LogP contribution in [0.2, 0.25) is 0 Å². The molecule has 0 aromatic heterocycles. The van der Waals surface area contributed by atoms with Crippen LogP contribution in [0.25, 0.3) is 0 Å². The molecule has 2 saturated heterocycles. The van der Waals surface area contributed by atoms with Crippen LogP contribution in [-0.4, -0.2) is 78.5 Å². The number of carboxylic acid groups (broad SMARTS) is 1. The van der Waals surface area contributed by atoms with Crippen LogP contribution in [-0.2, 0) is 9.59 Å². The van der Waals surface area contributed by atoms with E-state index in [1.54, 1.807) is 7.05 Å². The van der Waals surface area contributed by atoms with Gasteiger partial charge in [0.15, 0.2) is 5.78 Å². The second-order valence-corrected chi connectivity index (χ2v) is 5.47. The standard InChI is InChI=1S/C13H23N3O3/c1-14-11(7-13(18)19)12(17)9-15-5-6-16-4-2-3-10(16)8-15/h10-11,14H,2-9H2,1H3,(H,18,19)/t10?,11-/m0/s1. The fourth-order valence-corrected chi connectivity index (χ4v) is 3.08. The number of ketones is 1. The molecule has 6 heteroatoms. The Morgan fingerprint density at radius 2 is 2.16 bits per heavy atom.